The first-order valence-electron chi connectivity index (χ1n) is 10.8. The molecule has 0 aliphatic rings. The molecule has 0 aliphatic heterocycles. The molecule has 154 valence electrons. The second-order valence-corrected chi connectivity index (χ2v) is 9.38. The van der Waals surface area contributed by atoms with Crippen molar-refractivity contribution in [3.63, 3.8) is 0 Å². The summed E-state index contributed by atoms with van der Waals surface area (Å²) in [5.41, 5.74) is 6.69. The van der Waals surface area contributed by atoms with Crippen molar-refractivity contribution in [2.45, 2.75) is 19.8 Å². The standard InChI is InChI=1S/C28H21N3S/c1-17(2)20-7-3-8-21-22-9-4-10-24(28(22)32-27(20)21)26-23-12-11-18(14-25(23)30-16-31-26)19-6-5-13-29-15-19/h3-17H,1-2H3. The Hall–Kier alpha value is -3.63. The molecule has 3 nitrogen and oxygen atoms in total. The summed E-state index contributed by atoms with van der Waals surface area (Å²) in [5.74, 6) is 0.487. The molecular weight excluding hydrogens is 410 g/mol. The quantitative estimate of drug-likeness (QED) is 0.286. The van der Waals surface area contributed by atoms with Crippen LogP contribution in [0.1, 0.15) is 25.3 Å². The minimum absolute atomic E-state index is 0.487. The summed E-state index contributed by atoms with van der Waals surface area (Å²) in [7, 11) is 0. The van der Waals surface area contributed by atoms with E-state index in [4.69, 9.17) is 4.98 Å². The Kier molecular flexibility index (Phi) is 4.47. The maximum absolute atomic E-state index is 4.74. The first kappa shape index (κ1) is 19.1. The third-order valence-electron chi connectivity index (χ3n) is 6.06. The maximum atomic E-state index is 4.74. The predicted octanol–water partition coefficient (Wildman–Crippen LogP) is 7.85. The zero-order valence-electron chi connectivity index (χ0n) is 17.9. The molecule has 0 saturated carbocycles. The van der Waals surface area contributed by atoms with E-state index in [0.717, 1.165) is 27.7 Å². The second kappa shape index (κ2) is 7.50. The summed E-state index contributed by atoms with van der Waals surface area (Å²) >= 11 is 1.88. The highest BCUT2D eigenvalue weighted by Gasteiger charge is 2.16. The van der Waals surface area contributed by atoms with Crippen LogP contribution >= 0.6 is 11.3 Å². The number of fused-ring (bicyclic) bond motifs is 4. The fraction of sp³-hybridized carbons (Fsp3) is 0.107. The number of nitrogens with zero attached hydrogens (tertiary/aromatic N) is 3. The Bertz CT molecular complexity index is 1600. The molecule has 0 unspecified atom stereocenters. The number of hydrogen-bond donors (Lipinski definition) is 0. The van der Waals surface area contributed by atoms with Crippen LogP contribution < -0.4 is 0 Å². The van der Waals surface area contributed by atoms with Crippen LogP contribution in [-0.4, -0.2) is 15.0 Å². The van der Waals surface area contributed by atoms with Gasteiger partial charge in [0, 0.05) is 49.1 Å². The number of aromatic nitrogens is 3. The lowest BCUT2D eigenvalue weighted by Gasteiger charge is -2.08. The summed E-state index contributed by atoms with van der Waals surface area (Å²) in [6.45, 7) is 4.52. The van der Waals surface area contributed by atoms with Crippen LogP contribution in [0.3, 0.4) is 0 Å². The molecule has 32 heavy (non-hydrogen) atoms. The SMILES string of the molecule is CC(C)c1cccc2c1sc1c(-c3ncnc4cc(-c5cccnc5)ccc34)cccc12. The largest absolute Gasteiger partial charge is 0.264 e. The monoisotopic (exact) mass is 431 g/mol. The van der Waals surface area contributed by atoms with E-state index in [9.17, 15) is 0 Å². The van der Waals surface area contributed by atoms with Gasteiger partial charge in [0.2, 0.25) is 0 Å². The highest BCUT2D eigenvalue weighted by Crippen LogP contribution is 2.43. The third-order valence-corrected chi connectivity index (χ3v) is 7.37. The number of pyridine rings is 1. The van der Waals surface area contributed by atoms with Crippen LogP contribution in [0.15, 0.2) is 85.5 Å². The van der Waals surface area contributed by atoms with Crippen LogP contribution in [0.2, 0.25) is 0 Å². The molecule has 4 heteroatoms. The van der Waals surface area contributed by atoms with E-state index in [-0.39, 0.29) is 0 Å². The first-order chi connectivity index (χ1) is 15.7. The molecule has 3 aromatic carbocycles. The van der Waals surface area contributed by atoms with Gasteiger partial charge in [-0.2, -0.15) is 0 Å². The fourth-order valence-electron chi connectivity index (χ4n) is 4.47. The molecule has 0 bridgehead atoms. The van der Waals surface area contributed by atoms with Crippen molar-refractivity contribution < 1.29 is 0 Å². The Morgan fingerprint density at radius 1 is 0.750 bits per heavy atom. The van der Waals surface area contributed by atoms with Gasteiger partial charge in [0.05, 0.1) is 11.2 Å². The smallest absolute Gasteiger partial charge is 0.116 e. The minimum Gasteiger partial charge on any atom is -0.264 e. The Balaban J connectivity index is 1.59. The molecule has 0 fully saturated rings. The number of thiophene rings is 1. The summed E-state index contributed by atoms with van der Waals surface area (Å²) in [5, 5.41) is 3.69. The molecule has 0 atom stereocenters. The predicted molar refractivity (Wildman–Crippen MR) is 135 cm³/mol. The number of hydrogen-bond acceptors (Lipinski definition) is 4. The van der Waals surface area contributed by atoms with Gasteiger partial charge in [-0.3, -0.25) is 4.98 Å². The van der Waals surface area contributed by atoms with Crippen LogP contribution in [0.5, 0.6) is 0 Å². The molecule has 0 amide bonds. The van der Waals surface area contributed by atoms with Crippen LogP contribution in [0.4, 0.5) is 0 Å². The van der Waals surface area contributed by atoms with Crippen molar-refractivity contribution in [3.05, 3.63) is 91.0 Å². The molecule has 6 rings (SSSR count). The van der Waals surface area contributed by atoms with Gasteiger partial charge in [0.15, 0.2) is 0 Å². The molecule has 0 radical (unpaired) electrons. The van der Waals surface area contributed by atoms with Gasteiger partial charge in [0.1, 0.15) is 6.33 Å². The Morgan fingerprint density at radius 3 is 2.41 bits per heavy atom. The molecule has 0 N–H and O–H groups in total. The van der Waals surface area contributed by atoms with Crippen molar-refractivity contribution in [2.24, 2.45) is 0 Å². The van der Waals surface area contributed by atoms with Gasteiger partial charge in [-0.1, -0.05) is 62.4 Å². The van der Waals surface area contributed by atoms with Crippen molar-refractivity contribution in [1.29, 1.82) is 0 Å². The van der Waals surface area contributed by atoms with E-state index in [1.165, 1.54) is 31.3 Å². The average molecular weight is 432 g/mol. The van der Waals surface area contributed by atoms with E-state index >= 15 is 0 Å². The molecule has 0 spiro atoms. The zero-order chi connectivity index (χ0) is 21.7. The maximum Gasteiger partial charge on any atom is 0.116 e. The number of rotatable bonds is 3. The van der Waals surface area contributed by atoms with Gasteiger partial charge in [0.25, 0.3) is 0 Å². The average Bonchev–Trinajstić information content (AvgIpc) is 3.23. The van der Waals surface area contributed by atoms with Crippen molar-refractivity contribution in [3.8, 4) is 22.4 Å². The lowest BCUT2D eigenvalue weighted by atomic mass is 9.99. The second-order valence-electron chi connectivity index (χ2n) is 8.36. The van der Waals surface area contributed by atoms with Crippen molar-refractivity contribution in [1.82, 2.24) is 15.0 Å². The fourth-order valence-corrected chi connectivity index (χ4v) is 5.94. The lowest BCUT2D eigenvalue weighted by molar-refractivity contribution is 0.878. The molecule has 0 saturated heterocycles. The van der Waals surface area contributed by atoms with E-state index in [0.29, 0.717) is 5.92 Å². The molecule has 6 aromatic rings. The number of benzene rings is 3. The van der Waals surface area contributed by atoms with Crippen molar-refractivity contribution >= 4 is 42.4 Å². The highest BCUT2D eigenvalue weighted by atomic mass is 32.1. The van der Waals surface area contributed by atoms with Crippen molar-refractivity contribution in [2.75, 3.05) is 0 Å². The molecule has 3 aromatic heterocycles. The van der Waals surface area contributed by atoms with E-state index in [1.54, 1.807) is 12.5 Å². The normalized spacial score (nSPS) is 11.7. The van der Waals surface area contributed by atoms with Gasteiger partial charge >= 0.3 is 0 Å². The molecular formula is C28H21N3S. The van der Waals surface area contributed by atoms with Crippen LogP contribution in [-0.2, 0) is 0 Å². The van der Waals surface area contributed by atoms with E-state index in [2.05, 4.69) is 84.5 Å². The van der Waals surface area contributed by atoms with Crippen LogP contribution in [0.25, 0.3) is 53.5 Å². The van der Waals surface area contributed by atoms with Gasteiger partial charge in [-0.15, -0.1) is 11.3 Å². The lowest BCUT2D eigenvalue weighted by Crippen LogP contribution is -1.90. The van der Waals surface area contributed by atoms with E-state index < -0.39 is 0 Å². The topological polar surface area (TPSA) is 38.7 Å². The molecule has 3 heterocycles. The van der Waals surface area contributed by atoms with Gasteiger partial charge in [-0.25, -0.2) is 9.97 Å². The highest BCUT2D eigenvalue weighted by molar-refractivity contribution is 7.26. The minimum atomic E-state index is 0.487. The summed E-state index contributed by atoms with van der Waals surface area (Å²) in [6, 6.07) is 23.6. The van der Waals surface area contributed by atoms with Crippen LogP contribution in [0, 0.1) is 0 Å². The Morgan fingerprint density at radius 2 is 1.59 bits per heavy atom. The third kappa shape index (κ3) is 2.99. The summed E-state index contributed by atoms with van der Waals surface area (Å²) in [4.78, 5) is 13.6. The van der Waals surface area contributed by atoms with Gasteiger partial charge in [-0.05, 0) is 35.2 Å². The zero-order valence-corrected chi connectivity index (χ0v) is 18.7. The summed E-state index contributed by atoms with van der Waals surface area (Å²) in [6.07, 6.45) is 5.35. The first-order valence-corrected chi connectivity index (χ1v) is 11.6. The van der Waals surface area contributed by atoms with Gasteiger partial charge < -0.3 is 0 Å². The molecule has 0 aliphatic carbocycles. The van der Waals surface area contributed by atoms with E-state index in [1.807, 2.05) is 23.6 Å². The Labute approximate surface area is 190 Å². The summed E-state index contributed by atoms with van der Waals surface area (Å²) < 4.78 is 2.66.